The number of hydrogen-bond donors (Lipinski definition) is 1. The van der Waals surface area contributed by atoms with E-state index in [2.05, 4.69) is 20.5 Å². The van der Waals surface area contributed by atoms with Crippen molar-refractivity contribution < 1.29 is 4.92 Å². The zero-order valence-electron chi connectivity index (χ0n) is 5.75. The summed E-state index contributed by atoms with van der Waals surface area (Å²) in [5, 5.41) is 10.6. The average molecular weight is 251 g/mol. The van der Waals surface area contributed by atoms with Crippen molar-refractivity contribution in [2.24, 2.45) is 0 Å². The molecule has 6 heteroatoms. The number of nitro benzene ring substituents is 1. The molecule has 0 aliphatic heterocycles. The van der Waals surface area contributed by atoms with Gasteiger partial charge in [-0.1, -0.05) is 17.7 Å². The molecule has 0 aliphatic rings. The van der Waals surface area contributed by atoms with Crippen LogP contribution in [-0.2, 0) is 0 Å². The van der Waals surface area contributed by atoms with Gasteiger partial charge in [0.1, 0.15) is 10.7 Å². The van der Waals surface area contributed by atoms with Crippen LogP contribution in [-0.4, -0.2) is 4.92 Å². The molecule has 1 rings (SSSR count). The molecule has 0 unspecified atom stereocenters. The molecule has 1 aromatic carbocycles. The predicted molar refractivity (Wildman–Crippen MR) is 50.7 cm³/mol. The van der Waals surface area contributed by atoms with Crippen molar-refractivity contribution in [1.29, 1.82) is 0 Å². The van der Waals surface area contributed by atoms with Crippen molar-refractivity contribution in [3.8, 4) is 0 Å². The van der Waals surface area contributed by atoms with Gasteiger partial charge < -0.3 is 4.34 Å². The third-order valence-corrected chi connectivity index (χ3v) is 2.00. The topological polar surface area (TPSA) is 55.2 Å². The number of nitrogens with one attached hydrogen (secondary N) is 1. The first-order valence-electron chi connectivity index (χ1n) is 2.96. The van der Waals surface area contributed by atoms with Gasteiger partial charge in [-0.15, -0.1) is 0 Å². The minimum absolute atomic E-state index is 0.115. The molecule has 12 heavy (non-hydrogen) atoms. The molecule has 0 spiro atoms. The summed E-state index contributed by atoms with van der Waals surface area (Å²) in [6.45, 7) is 0. The molecular formula is C6H4BrClN2O2. The van der Waals surface area contributed by atoms with Gasteiger partial charge in [-0.2, -0.15) is 0 Å². The van der Waals surface area contributed by atoms with Crippen LogP contribution in [0.5, 0.6) is 0 Å². The fourth-order valence-electron chi connectivity index (χ4n) is 0.777. The van der Waals surface area contributed by atoms with E-state index in [0.717, 1.165) is 0 Å². The van der Waals surface area contributed by atoms with Gasteiger partial charge in [0.25, 0.3) is 0 Å². The molecule has 0 aliphatic carbocycles. The van der Waals surface area contributed by atoms with Crippen LogP contribution < -0.4 is 4.34 Å². The number of hydrogen-bond acceptors (Lipinski definition) is 3. The summed E-state index contributed by atoms with van der Waals surface area (Å²) in [5.41, 5.74) is 0.212. The molecule has 0 amide bonds. The van der Waals surface area contributed by atoms with Crippen LogP contribution in [0.15, 0.2) is 18.2 Å². The van der Waals surface area contributed by atoms with Gasteiger partial charge in [-0.25, -0.2) is 0 Å². The standard InChI is InChI=1S/C6H4BrClN2O2/c7-9-5-3-1-2-4(8)6(5)10(11)12/h1-3,9H. The van der Waals surface area contributed by atoms with Gasteiger partial charge in [0.05, 0.1) is 4.92 Å². The molecule has 0 heterocycles. The Morgan fingerprint density at radius 1 is 1.58 bits per heavy atom. The van der Waals surface area contributed by atoms with Crippen molar-refractivity contribution in [2.75, 3.05) is 4.34 Å². The van der Waals surface area contributed by atoms with E-state index in [0.29, 0.717) is 5.69 Å². The first-order valence-corrected chi connectivity index (χ1v) is 4.13. The molecule has 0 saturated carbocycles. The van der Waals surface area contributed by atoms with E-state index in [-0.39, 0.29) is 10.7 Å². The Kier molecular flexibility index (Phi) is 2.88. The Hall–Kier alpha value is -0.810. The number of rotatable bonds is 2. The Morgan fingerprint density at radius 3 is 2.67 bits per heavy atom. The van der Waals surface area contributed by atoms with Gasteiger partial charge in [0, 0.05) is 16.1 Å². The number of nitro groups is 1. The molecule has 0 radical (unpaired) electrons. The molecular weight excluding hydrogens is 247 g/mol. The van der Waals surface area contributed by atoms with E-state index in [1.165, 1.54) is 6.07 Å². The summed E-state index contributed by atoms with van der Waals surface area (Å²) < 4.78 is 2.50. The molecule has 0 aromatic heterocycles. The highest BCUT2D eigenvalue weighted by Gasteiger charge is 2.16. The van der Waals surface area contributed by atoms with Crippen LogP contribution in [0.4, 0.5) is 11.4 Å². The highest BCUT2D eigenvalue weighted by Crippen LogP contribution is 2.32. The summed E-state index contributed by atoms with van der Waals surface area (Å²) in [6, 6.07) is 4.64. The minimum Gasteiger partial charge on any atom is -0.317 e. The third kappa shape index (κ3) is 1.67. The first-order chi connectivity index (χ1) is 5.66. The van der Waals surface area contributed by atoms with Crippen LogP contribution in [0, 0.1) is 10.1 Å². The monoisotopic (exact) mass is 250 g/mol. The van der Waals surface area contributed by atoms with E-state index in [9.17, 15) is 10.1 Å². The maximum Gasteiger partial charge on any atom is 0.311 e. The number of halogens is 2. The number of para-hydroxylation sites is 1. The zero-order valence-corrected chi connectivity index (χ0v) is 8.09. The van der Waals surface area contributed by atoms with Crippen molar-refractivity contribution in [3.63, 3.8) is 0 Å². The quantitative estimate of drug-likeness (QED) is 0.499. The largest absolute Gasteiger partial charge is 0.317 e. The maximum absolute atomic E-state index is 10.5. The summed E-state index contributed by atoms with van der Waals surface area (Å²) in [7, 11) is 0. The molecule has 0 saturated heterocycles. The molecule has 1 aromatic rings. The average Bonchev–Trinajstić information content (AvgIpc) is 2.03. The van der Waals surface area contributed by atoms with Gasteiger partial charge in [-0.05, 0) is 12.1 Å². The van der Waals surface area contributed by atoms with Gasteiger partial charge >= 0.3 is 5.69 Å². The summed E-state index contributed by atoms with van der Waals surface area (Å²) in [5.74, 6) is 0. The minimum atomic E-state index is -0.536. The van der Waals surface area contributed by atoms with Crippen LogP contribution >= 0.6 is 27.7 Å². The van der Waals surface area contributed by atoms with Crippen LogP contribution in [0.2, 0.25) is 5.02 Å². The highest BCUT2D eigenvalue weighted by molar-refractivity contribution is 9.10. The Bertz CT molecular complexity index is 318. The van der Waals surface area contributed by atoms with E-state index in [4.69, 9.17) is 11.6 Å². The van der Waals surface area contributed by atoms with Crippen LogP contribution in [0.25, 0.3) is 0 Å². The lowest BCUT2D eigenvalue weighted by Gasteiger charge is -2.00. The lowest BCUT2D eigenvalue weighted by atomic mass is 10.3. The Balaban J connectivity index is 3.29. The van der Waals surface area contributed by atoms with E-state index < -0.39 is 4.92 Å². The summed E-state index contributed by atoms with van der Waals surface area (Å²) in [4.78, 5) is 9.93. The number of benzene rings is 1. The maximum atomic E-state index is 10.5. The number of anilines is 1. The Labute approximate surface area is 82.0 Å². The fraction of sp³-hybridized carbons (Fsp3) is 0. The van der Waals surface area contributed by atoms with Crippen molar-refractivity contribution in [1.82, 2.24) is 0 Å². The molecule has 0 bridgehead atoms. The predicted octanol–water partition coefficient (Wildman–Crippen LogP) is 2.97. The molecule has 4 nitrogen and oxygen atoms in total. The van der Waals surface area contributed by atoms with Crippen molar-refractivity contribution >= 4 is 39.1 Å². The second-order valence-electron chi connectivity index (χ2n) is 1.99. The second-order valence-corrected chi connectivity index (χ2v) is 2.79. The summed E-state index contributed by atoms with van der Waals surface area (Å²) >= 11 is 8.50. The highest BCUT2D eigenvalue weighted by atomic mass is 79.9. The molecule has 0 atom stereocenters. The zero-order chi connectivity index (χ0) is 9.14. The molecule has 0 fully saturated rings. The Morgan fingerprint density at radius 2 is 2.25 bits per heavy atom. The molecule has 1 N–H and O–H groups in total. The van der Waals surface area contributed by atoms with Gasteiger partial charge in [0.2, 0.25) is 0 Å². The van der Waals surface area contributed by atoms with Crippen molar-refractivity contribution in [3.05, 3.63) is 33.3 Å². The SMILES string of the molecule is O=[N+]([O-])c1c(Cl)cccc1NBr. The van der Waals surface area contributed by atoms with Gasteiger partial charge in [-0.3, -0.25) is 10.1 Å². The third-order valence-electron chi connectivity index (χ3n) is 1.27. The summed E-state index contributed by atoms with van der Waals surface area (Å²) in [6.07, 6.45) is 0. The normalized spacial score (nSPS) is 9.50. The first kappa shape index (κ1) is 9.28. The fourth-order valence-corrected chi connectivity index (χ4v) is 1.34. The van der Waals surface area contributed by atoms with Crippen LogP contribution in [0.3, 0.4) is 0 Å². The van der Waals surface area contributed by atoms with Gasteiger partial charge in [0.15, 0.2) is 0 Å². The van der Waals surface area contributed by atoms with Crippen LogP contribution in [0.1, 0.15) is 0 Å². The van der Waals surface area contributed by atoms with E-state index in [1.807, 2.05) is 0 Å². The molecule has 64 valence electrons. The number of nitrogens with zero attached hydrogens (tertiary/aromatic N) is 1. The lowest BCUT2D eigenvalue weighted by Crippen LogP contribution is -1.93. The lowest BCUT2D eigenvalue weighted by molar-refractivity contribution is -0.383. The van der Waals surface area contributed by atoms with E-state index >= 15 is 0 Å². The smallest absolute Gasteiger partial charge is 0.311 e. The second kappa shape index (κ2) is 3.73. The van der Waals surface area contributed by atoms with Crippen molar-refractivity contribution in [2.45, 2.75) is 0 Å². The van der Waals surface area contributed by atoms with E-state index in [1.54, 1.807) is 12.1 Å².